The van der Waals surface area contributed by atoms with Crippen LogP contribution >= 0.6 is 0 Å². The van der Waals surface area contributed by atoms with Gasteiger partial charge >= 0.3 is 5.97 Å². The molecule has 3 atom stereocenters. The van der Waals surface area contributed by atoms with Gasteiger partial charge in [0.15, 0.2) is 0 Å². The molecule has 0 aliphatic carbocycles. The number of carboxylic acids is 1. The Bertz CT molecular complexity index is 1360. The van der Waals surface area contributed by atoms with Crippen molar-refractivity contribution < 1.29 is 19.4 Å². The fourth-order valence-corrected chi connectivity index (χ4v) is 5.18. The maximum Gasteiger partial charge on any atom is 0.339 e. The normalized spacial score (nSPS) is 17.9. The van der Waals surface area contributed by atoms with Crippen LogP contribution in [0.3, 0.4) is 0 Å². The molecule has 2 N–H and O–H groups in total. The summed E-state index contributed by atoms with van der Waals surface area (Å²) in [4.78, 5) is 11.8. The summed E-state index contributed by atoms with van der Waals surface area (Å²) in [5, 5.41) is 15.8. The highest BCUT2D eigenvalue weighted by molar-refractivity contribution is 5.91. The van der Waals surface area contributed by atoms with E-state index in [1.54, 1.807) is 12.1 Å². The Hall–Kier alpha value is -3.83. The Kier molecular flexibility index (Phi) is 6.43. The lowest BCUT2D eigenvalue weighted by Crippen LogP contribution is -2.37. The molecule has 1 aliphatic rings. The number of benzene rings is 4. The monoisotopic (exact) mass is 467 g/mol. The molecule has 1 aliphatic heterocycles. The molecular weight excluding hydrogens is 438 g/mol. The maximum atomic E-state index is 11.8. The second-order valence-electron chi connectivity index (χ2n) is 9.00. The molecule has 178 valence electrons. The molecule has 0 bridgehead atoms. The van der Waals surface area contributed by atoms with Crippen molar-refractivity contribution in [3.63, 3.8) is 0 Å². The van der Waals surface area contributed by atoms with E-state index in [1.807, 2.05) is 24.3 Å². The van der Waals surface area contributed by atoms with Gasteiger partial charge in [-0.3, -0.25) is 0 Å². The van der Waals surface area contributed by atoms with Gasteiger partial charge in [0.1, 0.15) is 23.2 Å². The number of methoxy groups -OCH3 is 1. The molecular formula is C30H29NO4. The molecule has 0 amide bonds. The van der Waals surface area contributed by atoms with Crippen molar-refractivity contribution in [3.05, 3.63) is 107 Å². The third kappa shape index (κ3) is 4.47. The van der Waals surface area contributed by atoms with Crippen LogP contribution < -0.4 is 14.8 Å². The van der Waals surface area contributed by atoms with E-state index in [0.29, 0.717) is 18.7 Å². The lowest BCUT2D eigenvalue weighted by Gasteiger charge is -2.34. The lowest BCUT2D eigenvalue weighted by atomic mass is 9.83. The van der Waals surface area contributed by atoms with Crippen LogP contribution in [0.15, 0.2) is 84.9 Å². The Labute approximate surface area is 205 Å². The van der Waals surface area contributed by atoms with E-state index in [4.69, 9.17) is 9.47 Å². The molecule has 0 spiro atoms. The molecule has 0 aromatic heterocycles. The van der Waals surface area contributed by atoms with Crippen molar-refractivity contribution in [3.8, 4) is 11.5 Å². The number of fused-ring (bicyclic) bond motifs is 2. The number of aromatic carboxylic acids is 1. The quantitative estimate of drug-likeness (QED) is 0.340. The number of carbonyl (C=O) groups is 1. The van der Waals surface area contributed by atoms with E-state index in [2.05, 4.69) is 60.8 Å². The van der Waals surface area contributed by atoms with Gasteiger partial charge in [0.25, 0.3) is 0 Å². The van der Waals surface area contributed by atoms with Crippen molar-refractivity contribution in [2.45, 2.75) is 31.4 Å². The van der Waals surface area contributed by atoms with Crippen LogP contribution in [0.2, 0.25) is 0 Å². The third-order valence-electron chi connectivity index (χ3n) is 6.88. The van der Waals surface area contributed by atoms with Gasteiger partial charge in [0.2, 0.25) is 0 Å². The van der Waals surface area contributed by atoms with Crippen LogP contribution in [0.25, 0.3) is 10.8 Å². The summed E-state index contributed by atoms with van der Waals surface area (Å²) in [6.45, 7) is 2.84. The Morgan fingerprint density at radius 1 is 1.00 bits per heavy atom. The summed E-state index contributed by atoms with van der Waals surface area (Å²) in [6, 6.07) is 28.3. The number of rotatable bonds is 7. The number of ether oxygens (including phenoxy) is 2. The van der Waals surface area contributed by atoms with E-state index in [1.165, 1.54) is 23.4 Å². The van der Waals surface area contributed by atoms with Crippen molar-refractivity contribution in [2.75, 3.05) is 13.7 Å². The average molecular weight is 468 g/mol. The number of para-hydroxylation sites is 2. The zero-order valence-corrected chi connectivity index (χ0v) is 19.9. The standard InChI is InChI=1S/C30H29NO4/c1-19(22-13-7-10-20-9-3-4-11-23(20)22)31-18-21-17-27(24-12-5-6-16-28(24)35-21)25-14-8-15-26(30(32)33)29(25)34-2/h3-16,19,21,27,31H,17-18H2,1-2H3,(H,32,33). The van der Waals surface area contributed by atoms with Crippen LogP contribution in [0.5, 0.6) is 11.5 Å². The first kappa shape index (κ1) is 22.9. The molecule has 1 heterocycles. The number of nitrogens with one attached hydrogen (secondary N) is 1. The molecule has 5 rings (SSSR count). The van der Waals surface area contributed by atoms with Crippen molar-refractivity contribution in [1.82, 2.24) is 5.32 Å². The van der Waals surface area contributed by atoms with Gasteiger partial charge in [-0.15, -0.1) is 0 Å². The van der Waals surface area contributed by atoms with E-state index in [9.17, 15) is 9.90 Å². The number of hydrogen-bond acceptors (Lipinski definition) is 4. The molecule has 0 saturated heterocycles. The van der Waals surface area contributed by atoms with Gasteiger partial charge in [-0.1, -0.05) is 72.8 Å². The summed E-state index contributed by atoms with van der Waals surface area (Å²) in [5.41, 5.74) is 3.35. The van der Waals surface area contributed by atoms with Gasteiger partial charge in [-0.05, 0) is 41.8 Å². The van der Waals surface area contributed by atoms with Crippen LogP contribution in [0, 0.1) is 0 Å². The van der Waals surface area contributed by atoms with Crippen LogP contribution in [0.1, 0.15) is 52.4 Å². The van der Waals surface area contributed by atoms with E-state index >= 15 is 0 Å². The summed E-state index contributed by atoms with van der Waals surface area (Å²) < 4.78 is 12.0. The van der Waals surface area contributed by atoms with E-state index in [-0.39, 0.29) is 23.6 Å². The molecule has 4 aromatic carbocycles. The molecule has 3 unspecified atom stereocenters. The van der Waals surface area contributed by atoms with E-state index < -0.39 is 5.97 Å². The molecule has 0 saturated carbocycles. The minimum atomic E-state index is -0.994. The zero-order valence-electron chi connectivity index (χ0n) is 19.9. The molecule has 4 aromatic rings. The average Bonchev–Trinajstić information content (AvgIpc) is 2.90. The summed E-state index contributed by atoms with van der Waals surface area (Å²) in [6.07, 6.45) is 0.636. The fraction of sp³-hybridized carbons (Fsp3) is 0.233. The highest BCUT2D eigenvalue weighted by Gasteiger charge is 2.32. The predicted octanol–water partition coefficient (Wildman–Crippen LogP) is 6.18. The van der Waals surface area contributed by atoms with Crippen LogP contribution in [0.4, 0.5) is 0 Å². The zero-order chi connectivity index (χ0) is 24.4. The lowest BCUT2D eigenvalue weighted by molar-refractivity contribution is 0.0693. The highest BCUT2D eigenvalue weighted by Crippen LogP contribution is 2.44. The predicted molar refractivity (Wildman–Crippen MR) is 138 cm³/mol. The van der Waals surface area contributed by atoms with Crippen molar-refractivity contribution in [1.29, 1.82) is 0 Å². The maximum absolute atomic E-state index is 11.8. The minimum Gasteiger partial charge on any atom is -0.496 e. The van der Waals surface area contributed by atoms with Crippen molar-refractivity contribution >= 4 is 16.7 Å². The second-order valence-corrected chi connectivity index (χ2v) is 9.00. The largest absolute Gasteiger partial charge is 0.496 e. The number of carboxylic acid groups (broad SMARTS) is 1. The van der Waals surface area contributed by atoms with Crippen LogP contribution in [-0.4, -0.2) is 30.8 Å². The minimum absolute atomic E-state index is 0.0335. The molecule has 0 fully saturated rings. The molecule has 5 nitrogen and oxygen atoms in total. The van der Waals surface area contributed by atoms with Crippen molar-refractivity contribution in [2.24, 2.45) is 0 Å². The molecule has 0 radical (unpaired) electrons. The second kappa shape index (κ2) is 9.80. The Morgan fingerprint density at radius 3 is 2.54 bits per heavy atom. The van der Waals surface area contributed by atoms with Gasteiger partial charge in [0, 0.05) is 29.6 Å². The summed E-state index contributed by atoms with van der Waals surface area (Å²) in [5.74, 6) is 0.216. The first-order valence-electron chi connectivity index (χ1n) is 11.9. The van der Waals surface area contributed by atoms with Gasteiger partial charge < -0.3 is 19.9 Å². The fourth-order valence-electron chi connectivity index (χ4n) is 5.18. The molecule has 5 heteroatoms. The molecule has 35 heavy (non-hydrogen) atoms. The smallest absolute Gasteiger partial charge is 0.339 e. The van der Waals surface area contributed by atoms with Gasteiger partial charge in [0.05, 0.1) is 7.11 Å². The summed E-state index contributed by atoms with van der Waals surface area (Å²) >= 11 is 0. The first-order chi connectivity index (χ1) is 17.1. The summed E-state index contributed by atoms with van der Waals surface area (Å²) in [7, 11) is 1.53. The van der Waals surface area contributed by atoms with E-state index in [0.717, 1.165) is 16.9 Å². The number of hydrogen-bond donors (Lipinski definition) is 2. The topological polar surface area (TPSA) is 67.8 Å². The Morgan fingerprint density at radius 2 is 1.71 bits per heavy atom. The first-order valence-corrected chi connectivity index (χ1v) is 11.9. The van der Waals surface area contributed by atoms with Crippen LogP contribution in [-0.2, 0) is 0 Å². The Balaban J connectivity index is 1.42. The van der Waals surface area contributed by atoms with Gasteiger partial charge in [-0.2, -0.15) is 0 Å². The van der Waals surface area contributed by atoms with Gasteiger partial charge in [-0.25, -0.2) is 4.79 Å². The third-order valence-corrected chi connectivity index (χ3v) is 6.88. The SMILES string of the molecule is COc1c(C(=O)O)cccc1C1CC(CNC(C)c2cccc3ccccc23)Oc2ccccc21. The highest BCUT2D eigenvalue weighted by atomic mass is 16.5.